The van der Waals surface area contributed by atoms with Gasteiger partial charge in [-0.15, -0.1) is 0 Å². The molecule has 0 saturated carbocycles. The highest BCUT2D eigenvalue weighted by Crippen LogP contribution is 2.25. The first kappa shape index (κ1) is 14.7. The van der Waals surface area contributed by atoms with Crippen molar-refractivity contribution in [3.05, 3.63) is 84.3 Å². The van der Waals surface area contributed by atoms with Crippen molar-refractivity contribution in [3.8, 4) is 23.0 Å². The fourth-order valence-electron chi connectivity index (χ4n) is 2.14. The highest BCUT2D eigenvalue weighted by molar-refractivity contribution is 5.94. The number of ether oxygens (including phenoxy) is 1. The van der Waals surface area contributed by atoms with Crippen LogP contribution in [0.5, 0.6) is 0 Å². The average molecular weight is 302 g/mol. The molecule has 1 heterocycles. The van der Waals surface area contributed by atoms with Gasteiger partial charge in [0.25, 0.3) is 0 Å². The molecule has 0 atom stereocenters. The minimum atomic E-state index is -0.517. The zero-order valence-corrected chi connectivity index (χ0v) is 12.4. The van der Waals surface area contributed by atoms with Crippen molar-refractivity contribution in [2.24, 2.45) is 0 Å². The number of rotatable bonds is 3. The molecular weight excluding hydrogens is 288 g/mol. The first-order valence-corrected chi connectivity index (χ1v) is 7.18. The van der Waals surface area contributed by atoms with Crippen molar-refractivity contribution >= 4 is 5.97 Å². The largest absolute Gasteiger partial charge is 0.457 e. The van der Waals surface area contributed by atoms with Gasteiger partial charge in [0.2, 0.25) is 5.76 Å². The van der Waals surface area contributed by atoms with Crippen molar-refractivity contribution < 1.29 is 13.9 Å². The summed E-state index contributed by atoms with van der Waals surface area (Å²) in [5, 5.41) is 0. The van der Waals surface area contributed by atoms with Crippen LogP contribution in [-0.2, 0) is 4.74 Å². The van der Waals surface area contributed by atoms with Gasteiger partial charge in [0.05, 0.1) is 6.26 Å². The Labute approximate surface area is 134 Å². The maximum absolute atomic E-state index is 12.1. The highest BCUT2D eigenvalue weighted by Gasteiger charge is 2.17. The maximum atomic E-state index is 12.1. The number of carbonyl (C=O) groups is 1. The van der Waals surface area contributed by atoms with Gasteiger partial charge in [-0.1, -0.05) is 60.4 Å². The van der Waals surface area contributed by atoms with E-state index in [1.165, 1.54) is 6.26 Å². The molecule has 0 aliphatic heterocycles. The number of benzene rings is 2. The van der Waals surface area contributed by atoms with E-state index in [0.717, 1.165) is 11.1 Å². The van der Waals surface area contributed by atoms with Crippen molar-refractivity contribution in [1.29, 1.82) is 0 Å². The van der Waals surface area contributed by atoms with Crippen LogP contribution in [0.2, 0.25) is 0 Å². The van der Waals surface area contributed by atoms with Crippen molar-refractivity contribution in [1.82, 2.24) is 0 Å². The summed E-state index contributed by atoms with van der Waals surface area (Å²) >= 11 is 0. The fourth-order valence-corrected chi connectivity index (χ4v) is 2.14. The molecule has 23 heavy (non-hydrogen) atoms. The summed E-state index contributed by atoms with van der Waals surface area (Å²) in [6.45, 7) is 0.0165. The summed E-state index contributed by atoms with van der Waals surface area (Å²) in [5.41, 5.74) is 2.50. The molecule has 0 aliphatic carbocycles. The molecule has 2 aromatic carbocycles. The zero-order valence-electron chi connectivity index (χ0n) is 12.4. The van der Waals surface area contributed by atoms with E-state index in [1.54, 1.807) is 6.07 Å². The Morgan fingerprint density at radius 3 is 2.39 bits per heavy atom. The zero-order chi connectivity index (χ0) is 15.9. The summed E-state index contributed by atoms with van der Waals surface area (Å²) in [4.78, 5) is 12.1. The molecule has 112 valence electrons. The maximum Gasteiger partial charge on any atom is 0.375 e. The Kier molecular flexibility index (Phi) is 4.56. The lowest BCUT2D eigenvalue weighted by molar-refractivity contribution is 0.0522. The lowest BCUT2D eigenvalue weighted by Crippen LogP contribution is -2.05. The summed E-state index contributed by atoms with van der Waals surface area (Å²) in [7, 11) is 0. The van der Waals surface area contributed by atoms with Crippen LogP contribution in [0.3, 0.4) is 0 Å². The van der Waals surface area contributed by atoms with Gasteiger partial charge in [-0.2, -0.15) is 0 Å². The van der Waals surface area contributed by atoms with E-state index >= 15 is 0 Å². The Morgan fingerprint density at radius 1 is 0.957 bits per heavy atom. The first-order valence-electron chi connectivity index (χ1n) is 7.18. The van der Waals surface area contributed by atoms with E-state index in [2.05, 4.69) is 11.8 Å². The third-order valence-corrected chi connectivity index (χ3v) is 3.22. The molecule has 3 rings (SSSR count). The number of esters is 1. The van der Waals surface area contributed by atoms with Crippen LogP contribution in [0, 0.1) is 11.8 Å². The molecule has 3 heteroatoms. The molecule has 0 unspecified atom stereocenters. The van der Waals surface area contributed by atoms with Gasteiger partial charge in [0.15, 0.2) is 6.61 Å². The van der Waals surface area contributed by atoms with E-state index in [4.69, 9.17) is 9.15 Å². The molecular formula is C20H14O3. The monoisotopic (exact) mass is 302 g/mol. The van der Waals surface area contributed by atoms with Gasteiger partial charge in [0.1, 0.15) is 0 Å². The normalized spacial score (nSPS) is 9.74. The van der Waals surface area contributed by atoms with E-state index in [-0.39, 0.29) is 12.4 Å². The van der Waals surface area contributed by atoms with Gasteiger partial charge in [-0.05, 0) is 23.8 Å². The van der Waals surface area contributed by atoms with E-state index in [1.807, 2.05) is 60.7 Å². The molecule has 0 saturated heterocycles. The minimum absolute atomic E-state index is 0.0165. The second kappa shape index (κ2) is 7.15. The second-order valence-corrected chi connectivity index (χ2v) is 4.77. The predicted molar refractivity (Wildman–Crippen MR) is 87.7 cm³/mol. The minimum Gasteiger partial charge on any atom is -0.457 e. The molecule has 0 spiro atoms. The standard InChI is InChI=1S/C20H14O3/c21-20(23-14-7-10-16-8-3-1-4-9-16)19-18(13-15-22-19)17-11-5-2-6-12-17/h1-6,8-9,11-13,15H,14H2. The first-order chi connectivity index (χ1) is 11.3. The molecule has 0 N–H and O–H groups in total. The predicted octanol–water partition coefficient (Wildman–Crippen LogP) is 4.16. The molecule has 3 nitrogen and oxygen atoms in total. The molecule has 0 aliphatic rings. The van der Waals surface area contributed by atoms with Gasteiger partial charge >= 0.3 is 5.97 Å². The van der Waals surface area contributed by atoms with E-state index < -0.39 is 5.97 Å². The smallest absolute Gasteiger partial charge is 0.375 e. The molecule has 0 radical (unpaired) electrons. The molecule has 1 aromatic heterocycles. The van der Waals surface area contributed by atoms with Crippen molar-refractivity contribution in [2.45, 2.75) is 0 Å². The van der Waals surface area contributed by atoms with Gasteiger partial charge < -0.3 is 9.15 Å². The molecule has 0 bridgehead atoms. The number of furan rings is 1. The van der Waals surface area contributed by atoms with Crippen molar-refractivity contribution in [2.75, 3.05) is 6.61 Å². The SMILES string of the molecule is O=C(OCC#Cc1ccccc1)c1occc1-c1ccccc1. The van der Waals surface area contributed by atoms with Crippen molar-refractivity contribution in [3.63, 3.8) is 0 Å². The number of hydrogen-bond acceptors (Lipinski definition) is 3. The Balaban J connectivity index is 1.66. The van der Waals surface area contributed by atoms with Crippen LogP contribution in [-0.4, -0.2) is 12.6 Å². The van der Waals surface area contributed by atoms with Crippen LogP contribution in [0.25, 0.3) is 11.1 Å². The summed E-state index contributed by atoms with van der Waals surface area (Å²) in [6.07, 6.45) is 1.48. The Hall–Kier alpha value is -3.25. The second-order valence-electron chi connectivity index (χ2n) is 4.77. The molecule has 0 fully saturated rings. The van der Waals surface area contributed by atoms with Gasteiger partial charge in [-0.3, -0.25) is 0 Å². The van der Waals surface area contributed by atoms with Gasteiger partial charge in [0, 0.05) is 11.1 Å². The number of hydrogen-bond donors (Lipinski definition) is 0. The Morgan fingerprint density at radius 2 is 1.65 bits per heavy atom. The fraction of sp³-hybridized carbons (Fsp3) is 0.0500. The third kappa shape index (κ3) is 3.69. The van der Waals surface area contributed by atoms with Crippen LogP contribution in [0.1, 0.15) is 16.1 Å². The third-order valence-electron chi connectivity index (χ3n) is 3.22. The lowest BCUT2D eigenvalue weighted by atomic mass is 10.1. The van der Waals surface area contributed by atoms with Crippen LogP contribution >= 0.6 is 0 Å². The summed E-state index contributed by atoms with van der Waals surface area (Å²) < 4.78 is 10.4. The highest BCUT2D eigenvalue weighted by atomic mass is 16.5. The average Bonchev–Trinajstić information content (AvgIpc) is 3.10. The van der Waals surface area contributed by atoms with Gasteiger partial charge in [-0.25, -0.2) is 4.79 Å². The van der Waals surface area contributed by atoms with Crippen LogP contribution in [0.15, 0.2) is 77.4 Å². The topological polar surface area (TPSA) is 39.4 Å². The Bertz CT molecular complexity index is 837. The summed E-state index contributed by atoms with van der Waals surface area (Å²) in [5.74, 6) is 5.43. The molecule has 0 amide bonds. The van der Waals surface area contributed by atoms with E-state index in [0.29, 0.717) is 5.56 Å². The van der Waals surface area contributed by atoms with Crippen LogP contribution < -0.4 is 0 Å². The lowest BCUT2D eigenvalue weighted by Gasteiger charge is -2.02. The van der Waals surface area contributed by atoms with E-state index in [9.17, 15) is 4.79 Å². The quantitative estimate of drug-likeness (QED) is 0.539. The summed E-state index contributed by atoms with van der Waals surface area (Å²) in [6, 6.07) is 20.8. The number of carbonyl (C=O) groups excluding carboxylic acids is 1. The molecule has 3 aromatic rings. The van der Waals surface area contributed by atoms with Crippen LogP contribution in [0.4, 0.5) is 0 Å².